The summed E-state index contributed by atoms with van der Waals surface area (Å²) in [6, 6.07) is 52.9. The molecule has 0 aliphatic rings. The van der Waals surface area contributed by atoms with Crippen LogP contribution in [-0.2, 0) is 0 Å². The molecule has 0 spiro atoms. The maximum Gasteiger partial charge on any atom is 0.164 e. The summed E-state index contributed by atoms with van der Waals surface area (Å²) in [5.74, 6) is 1.77. The van der Waals surface area contributed by atoms with Gasteiger partial charge in [0, 0.05) is 50.1 Å². The van der Waals surface area contributed by atoms with Gasteiger partial charge < -0.3 is 8.98 Å². The van der Waals surface area contributed by atoms with Gasteiger partial charge in [0.15, 0.2) is 23.1 Å². The summed E-state index contributed by atoms with van der Waals surface area (Å²) >= 11 is 0. The van der Waals surface area contributed by atoms with E-state index in [0.717, 1.165) is 71.5 Å². The minimum Gasteiger partial charge on any atom is -0.454 e. The average Bonchev–Trinajstić information content (AvgIpc) is 3.76. The first-order chi connectivity index (χ1) is 25.8. The molecule has 0 N–H and O–H groups in total. The molecule has 4 heterocycles. The Morgan fingerprint density at radius 2 is 1.06 bits per heavy atom. The van der Waals surface area contributed by atoms with Crippen LogP contribution in [0.2, 0.25) is 0 Å². The van der Waals surface area contributed by atoms with Gasteiger partial charge in [-0.25, -0.2) is 15.0 Å². The van der Waals surface area contributed by atoms with Crippen LogP contribution >= 0.6 is 0 Å². The highest BCUT2D eigenvalue weighted by Gasteiger charge is 2.18. The van der Waals surface area contributed by atoms with Gasteiger partial charge >= 0.3 is 0 Å². The Labute approximate surface area is 297 Å². The number of hydrogen-bond acceptors (Lipinski definition) is 5. The summed E-state index contributed by atoms with van der Waals surface area (Å²) in [6.07, 6.45) is 3.54. The van der Waals surface area contributed by atoms with Crippen molar-refractivity contribution in [1.29, 1.82) is 0 Å². The van der Waals surface area contributed by atoms with Gasteiger partial charge in [0.2, 0.25) is 0 Å². The molecule has 0 atom stereocenters. The number of pyridine rings is 1. The maximum absolute atomic E-state index is 6.24. The van der Waals surface area contributed by atoms with Gasteiger partial charge in [-0.05, 0) is 70.1 Å². The van der Waals surface area contributed by atoms with E-state index in [2.05, 4.69) is 149 Å². The Kier molecular flexibility index (Phi) is 6.15. The summed E-state index contributed by atoms with van der Waals surface area (Å²) in [6.45, 7) is 0. The summed E-state index contributed by atoms with van der Waals surface area (Å²) in [5.41, 5.74) is 7.52. The first-order valence-electron chi connectivity index (χ1n) is 17.3. The molecule has 0 fully saturated rings. The van der Waals surface area contributed by atoms with Gasteiger partial charge in [-0.1, -0.05) is 103 Å². The normalized spacial score (nSPS) is 11.8. The summed E-state index contributed by atoms with van der Waals surface area (Å²) in [4.78, 5) is 19.8. The number of para-hydroxylation sites is 2. The molecule has 0 aliphatic heterocycles. The minimum atomic E-state index is 0.569. The molecule has 7 aromatic carbocycles. The van der Waals surface area contributed by atoms with Crippen molar-refractivity contribution < 1.29 is 4.42 Å². The van der Waals surface area contributed by atoms with Crippen molar-refractivity contribution in [3.8, 4) is 39.9 Å². The Morgan fingerprint density at radius 1 is 0.423 bits per heavy atom. The fourth-order valence-electron chi connectivity index (χ4n) is 7.75. The summed E-state index contributed by atoms with van der Waals surface area (Å²) in [7, 11) is 0. The van der Waals surface area contributed by atoms with Crippen molar-refractivity contribution in [1.82, 2.24) is 24.5 Å². The number of rotatable bonds is 4. The van der Waals surface area contributed by atoms with E-state index in [9.17, 15) is 0 Å². The number of nitrogens with zero attached hydrogens (tertiary/aromatic N) is 5. The summed E-state index contributed by atoms with van der Waals surface area (Å²) in [5, 5.41) is 9.05. The number of fused-ring (bicyclic) bond motifs is 9. The summed E-state index contributed by atoms with van der Waals surface area (Å²) < 4.78 is 8.56. The fraction of sp³-hybridized carbons (Fsp3) is 0. The molecule has 6 heteroatoms. The molecule has 0 aliphatic carbocycles. The highest BCUT2D eigenvalue weighted by Crippen LogP contribution is 2.37. The van der Waals surface area contributed by atoms with Crippen LogP contribution in [0.5, 0.6) is 0 Å². The third-order valence-electron chi connectivity index (χ3n) is 10.1. The molecular formula is C46H27N5O. The standard InChI is InChI=1S/C46H27N5O/c1-2-13-32-28(10-1)25-39(34-15-4-3-14-33(32)34)46-49-44(48-45(50-46)30-20-21-37-38-22-23-47-27-43(38)52-42(37)26-30)29-11-9-12-31(24-29)51-40-18-7-5-16-35(40)36-17-6-8-19-41(36)51/h1-27H. The van der Waals surface area contributed by atoms with E-state index in [4.69, 9.17) is 19.4 Å². The lowest BCUT2D eigenvalue weighted by Gasteiger charge is -2.13. The predicted octanol–water partition coefficient (Wildman–Crippen LogP) is 11.6. The largest absolute Gasteiger partial charge is 0.454 e. The monoisotopic (exact) mass is 665 g/mol. The van der Waals surface area contributed by atoms with Gasteiger partial charge in [0.1, 0.15) is 5.58 Å². The highest BCUT2D eigenvalue weighted by atomic mass is 16.3. The quantitative estimate of drug-likeness (QED) is 0.175. The minimum absolute atomic E-state index is 0.569. The van der Waals surface area contributed by atoms with Crippen molar-refractivity contribution in [3.63, 3.8) is 0 Å². The van der Waals surface area contributed by atoms with Gasteiger partial charge in [-0.3, -0.25) is 4.98 Å². The molecule has 4 aromatic heterocycles. The molecule has 52 heavy (non-hydrogen) atoms. The Bertz CT molecular complexity index is 3160. The van der Waals surface area contributed by atoms with Crippen LogP contribution in [0.1, 0.15) is 0 Å². The van der Waals surface area contributed by atoms with E-state index in [-0.39, 0.29) is 0 Å². The van der Waals surface area contributed by atoms with Crippen molar-refractivity contribution >= 4 is 65.3 Å². The molecule has 6 nitrogen and oxygen atoms in total. The second kappa shape index (κ2) is 11.2. The fourth-order valence-corrected chi connectivity index (χ4v) is 7.75. The molecule has 0 unspecified atom stereocenters. The smallest absolute Gasteiger partial charge is 0.164 e. The molecular weight excluding hydrogens is 639 g/mol. The van der Waals surface area contributed by atoms with E-state index in [1.54, 1.807) is 12.4 Å². The van der Waals surface area contributed by atoms with E-state index in [0.29, 0.717) is 17.5 Å². The zero-order valence-corrected chi connectivity index (χ0v) is 27.7. The Hall–Kier alpha value is -7.18. The van der Waals surface area contributed by atoms with Crippen LogP contribution < -0.4 is 0 Å². The van der Waals surface area contributed by atoms with E-state index in [1.165, 1.54) is 16.2 Å². The van der Waals surface area contributed by atoms with Crippen LogP contribution in [0.15, 0.2) is 168 Å². The second-order valence-electron chi connectivity index (χ2n) is 13.1. The topological polar surface area (TPSA) is 69.6 Å². The van der Waals surface area contributed by atoms with Crippen molar-refractivity contribution in [3.05, 3.63) is 164 Å². The van der Waals surface area contributed by atoms with Crippen LogP contribution in [0.3, 0.4) is 0 Å². The van der Waals surface area contributed by atoms with Crippen LogP contribution in [0.4, 0.5) is 0 Å². The first-order valence-corrected chi connectivity index (χ1v) is 17.3. The maximum atomic E-state index is 6.24. The number of aromatic nitrogens is 5. The van der Waals surface area contributed by atoms with E-state index >= 15 is 0 Å². The third-order valence-corrected chi connectivity index (χ3v) is 10.1. The van der Waals surface area contributed by atoms with Gasteiger partial charge in [0.05, 0.1) is 17.2 Å². The van der Waals surface area contributed by atoms with E-state index in [1.807, 2.05) is 12.1 Å². The molecule has 242 valence electrons. The van der Waals surface area contributed by atoms with E-state index < -0.39 is 0 Å². The Morgan fingerprint density at radius 3 is 1.85 bits per heavy atom. The van der Waals surface area contributed by atoms with Gasteiger partial charge in [0.25, 0.3) is 0 Å². The Balaban J connectivity index is 1.16. The number of hydrogen-bond donors (Lipinski definition) is 0. The lowest BCUT2D eigenvalue weighted by atomic mass is 9.97. The van der Waals surface area contributed by atoms with Crippen molar-refractivity contribution in [2.45, 2.75) is 0 Å². The molecule has 0 bridgehead atoms. The first kappa shape index (κ1) is 28.6. The van der Waals surface area contributed by atoms with Gasteiger partial charge in [-0.2, -0.15) is 0 Å². The average molecular weight is 666 g/mol. The second-order valence-corrected chi connectivity index (χ2v) is 13.1. The molecule has 0 amide bonds. The lowest BCUT2D eigenvalue weighted by Crippen LogP contribution is -2.01. The molecule has 11 rings (SSSR count). The predicted molar refractivity (Wildman–Crippen MR) is 211 cm³/mol. The zero-order valence-electron chi connectivity index (χ0n) is 27.7. The van der Waals surface area contributed by atoms with Crippen LogP contribution in [-0.4, -0.2) is 24.5 Å². The third kappa shape index (κ3) is 4.38. The molecule has 0 radical (unpaired) electrons. The van der Waals surface area contributed by atoms with Crippen LogP contribution in [0.25, 0.3) is 105 Å². The van der Waals surface area contributed by atoms with Gasteiger partial charge in [-0.15, -0.1) is 0 Å². The highest BCUT2D eigenvalue weighted by molar-refractivity contribution is 6.13. The van der Waals surface area contributed by atoms with Crippen molar-refractivity contribution in [2.75, 3.05) is 0 Å². The lowest BCUT2D eigenvalue weighted by molar-refractivity contribution is 0.667. The number of furan rings is 1. The SMILES string of the molecule is c1cc(-c2nc(-c3ccc4c(c3)oc3cnccc34)nc(-c3cc4ccccc4c4ccccc34)n2)cc(-n2c3ccccc3c3ccccc32)c1. The number of benzene rings is 7. The molecule has 0 saturated carbocycles. The molecule has 11 aromatic rings. The van der Waals surface area contributed by atoms with Crippen molar-refractivity contribution in [2.24, 2.45) is 0 Å². The molecule has 0 saturated heterocycles. The zero-order chi connectivity index (χ0) is 34.2. The van der Waals surface area contributed by atoms with Crippen LogP contribution in [0, 0.1) is 0 Å².